The van der Waals surface area contributed by atoms with Gasteiger partial charge in [0, 0.05) is 26.9 Å². The fourth-order valence-electron chi connectivity index (χ4n) is 2.26. The monoisotopic (exact) mass is 278 g/mol. The van der Waals surface area contributed by atoms with E-state index in [1.54, 1.807) is 18.7 Å². The van der Waals surface area contributed by atoms with E-state index >= 15 is 0 Å². The summed E-state index contributed by atoms with van der Waals surface area (Å²) in [5.41, 5.74) is -0.0532. The summed E-state index contributed by atoms with van der Waals surface area (Å²) in [6.45, 7) is 0. The second-order valence-electron chi connectivity index (χ2n) is 4.84. The van der Waals surface area contributed by atoms with Crippen molar-refractivity contribution in [3.05, 3.63) is 26.7 Å². The van der Waals surface area contributed by atoms with Crippen molar-refractivity contribution < 1.29 is 4.79 Å². The Morgan fingerprint density at radius 1 is 1.15 bits per heavy atom. The molecule has 20 heavy (non-hydrogen) atoms. The van der Waals surface area contributed by atoms with Gasteiger partial charge in [0.05, 0.1) is 0 Å². The largest absolute Gasteiger partial charge is 0.329 e. The van der Waals surface area contributed by atoms with Crippen molar-refractivity contribution in [1.82, 2.24) is 19.1 Å². The van der Waals surface area contributed by atoms with Crippen LogP contribution in [0.3, 0.4) is 0 Å². The molecule has 0 spiro atoms. The maximum absolute atomic E-state index is 11.8. The number of nitrogens with one attached hydrogen (secondary N) is 1. The zero-order chi connectivity index (χ0) is 14.7. The molecule has 0 aromatic carbocycles. The molecule has 0 atom stereocenters. The first-order valence-electron chi connectivity index (χ1n) is 6.64. The van der Waals surface area contributed by atoms with Crippen LogP contribution in [0.1, 0.15) is 31.5 Å². The summed E-state index contributed by atoms with van der Waals surface area (Å²) in [5, 5.41) is 0. The maximum Gasteiger partial charge on any atom is 0.329 e. The standard InChI is InChI=1S/C13H18N4O3/c1-16-9(7-5-3-4-6-8-18)14-11-10(16)12(19)15-13(20)17(11)2/h8H,3-7H2,1-2H3,(H,15,19,20). The van der Waals surface area contributed by atoms with Gasteiger partial charge < -0.3 is 9.36 Å². The molecule has 0 amide bonds. The summed E-state index contributed by atoms with van der Waals surface area (Å²) in [6.07, 6.45) is 4.93. The molecular weight excluding hydrogens is 260 g/mol. The van der Waals surface area contributed by atoms with Crippen LogP contribution in [0.4, 0.5) is 0 Å². The zero-order valence-corrected chi connectivity index (χ0v) is 11.7. The van der Waals surface area contributed by atoms with Crippen molar-refractivity contribution >= 4 is 17.5 Å². The molecule has 108 valence electrons. The molecule has 7 nitrogen and oxygen atoms in total. The van der Waals surface area contributed by atoms with Gasteiger partial charge in [0.2, 0.25) is 0 Å². The molecule has 0 aliphatic rings. The SMILES string of the molecule is Cn1c(CCCCCC=O)nc2c1c(=O)[nH]c(=O)n2C. The second kappa shape index (κ2) is 5.85. The van der Waals surface area contributed by atoms with E-state index in [-0.39, 0.29) is 0 Å². The predicted octanol–water partition coefficient (Wildman–Crippen LogP) is 0.262. The van der Waals surface area contributed by atoms with Gasteiger partial charge in [0.15, 0.2) is 11.2 Å². The number of aromatic nitrogens is 4. The molecule has 7 heteroatoms. The number of hydrogen-bond acceptors (Lipinski definition) is 4. The van der Waals surface area contributed by atoms with Crippen LogP contribution in [0.15, 0.2) is 9.59 Å². The lowest BCUT2D eigenvalue weighted by Crippen LogP contribution is -2.29. The topological polar surface area (TPSA) is 89.8 Å². The van der Waals surface area contributed by atoms with Crippen molar-refractivity contribution in [1.29, 1.82) is 0 Å². The predicted molar refractivity (Wildman–Crippen MR) is 74.8 cm³/mol. The fourth-order valence-corrected chi connectivity index (χ4v) is 2.26. The van der Waals surface area contributed by atoms with Crippen LogP contribution >= 0.6 is 0 Å². The second-order valence-corrected chi connectivity index (χ2v) is 4.84. The van der Waals surface area contributed by atoms with E-state index in [0.29, 0.717) is 17.6 Å². The Labute approximate surface area is 115 Å². The van der Waals surface area contributed by atoms with Crippen LogP contribution < -0.4 is 11.2 Å². The van der Waals surface area contributed by atoms with Crippen LogP contribution in [0.25, 0.3) is 11.2 Å². The molecule has 2 aromatic rings. The number of carbonyl (C=O) groups is 1. The maximum atomic E-state index is 11.8. The van der Waals surface area contributed by atoms with E-state index in [2.05, 4.69) is 9.97 Å². The van der Waals surface area contributed by atoms with Crippen molar-refractivity contribution in [3.63, 3.8) is 0 Å². The van der Waals surface area contributed by atoms with Crippen molar-refractivity contribution in [3.8, 4) is 0 Å². The van der Waals surface area contributed by atoms with Crippen molar-refractivity contribution in [2.45, 2.75) is 32.1 Å². The van der Waals surface area contributed by atoms with Gasteiger partial charge >= 0.3 is 5.69 Å². The van der Waals surface area contributed by atoms with Gasteiger partial charge in [0.1, 0.15) is 12.1 Å². The number of H-pyrrole nitrogens is 1. The lowest BCUT2D eigenvalue weighted by atomic mass is 10.1. The Morgan fingerprint density at radius 2 is 1.90 bits per heavy atom. The van der Waals surface area contributed by atoms with Crippen molar-refractivity contribution in [2.24, 2.45) is 14.1 Å². The van der Waals surface area contributed by atoms with Crippen molar-refractivity contribution in [2.75, 3.05) is 0 Å². The van der Waals surface area contributed by atoms with Crippen LogP contribution in [-0.4, -0.2) is 25.4 Å². The highest BCUT2D eigenvalue weighted by molar-refractivity contribution is 5.70. The van der Waals surface area contributed by atoms with E-state index in [0.717, 1.165) is 37.8 Å². The van der Waals surface area contributed by atoms with Crippen LogP contribution in [-0.2, 0) is 25.3 Å². The first kappa shape index (κ1) is 14.2. The third-order valence-corrected chi connectivity index (χ3v) is 3.45. The Bertz CT molecular complexity index is 738. The van der Waals surface area contributed by atoms with E-state index in [1.165, 1.54) is 4.57 Å². The normalized spacial score (nSPS) is 11.1. The quantitative estimate of drug-likeness (QED) is 0.606. The van der Waals surface area contributed by atoms with E-state index in [9.17, 15) is 14.4 Å². The number of fused-ring (bicyclic) bond motifs is 1. The Hall–Kier alpha value is -2.18. The highest BCUT2D eigenvalue weighted by atomic mass is 16.2. The number of aryl methyl sites for hydroxylation is 3. The molecule has 0 unspecified atom stereocenters. The number of rotatable bonds is 6. The minimum Gasteiger partial charge on any atom is -0.325 e. The third-order valence-electron chi connectivity index (χ3n) is 3.45. The Morgan fingerprint density at radius 3 is 2.60 bits per heavy atom. The van der Waals surface area contributed by atoms with Gasteiger partial charge in [-0.3, -0.25) is 14.3 Å². The molecule has 2 rings (SSSR count). The van der Waals surface area contributed by atoms with Crippen LogP contribution in [0.5, 0.6) is 0 Å². The highest BCUT2D eigenvalue weighted by Gasteiger charge is 2.14. The molecular formula is C13H18N4O3. The molecule has 0 aliphatic heterocycles. The lowest BCUT2D eigenvalue weighted by molar-refractivity contribution is -0.107. The first-order valence-corrected chi connectivity index (χ1v) is 6.64. The van der Waals surface area contributed by atoms with Crippen LogP contribution in [0, 0.1) is 0 Å². The molecule has 0 bridgehead atoms. The van der Waals surface area contributed by atoms with Gasteiger partial charge in [-0.2, -0.15) is 0 Å². The molecule has 0 radical (unpaired) electrons. The van der Waals surface area contributed by atoms with Gasteiger partial charge in [-0.1, -0.05) is 6.42 Å². The molecule has 0 aliphatic carbocycles. The van der Waals surface area contributed by atoms with E-state index < -0.39 is 11.2 Å². The lowest BCUT2D eigenvalue weighted by Gasteiger charge is -2.01. The van der Waals surface area contributed by atoms with Crippen LogP contribution in [0.2, 0.25) is 0 Å². The van der Waals surface area contributed by atoms with Gasteiger partial charge in [-0.05, 0) is 12.8 Å². The number of nitrogens with zero attached hydrogens (tertiary/aromatic N) is 3. The summed E-state index contributed by atoms with van der Waals surface area (Å²) >= 11 is 0. The zero-order valence-electron chi connectivity index (χ0n) is 11.7. The van der Waals surface area contributed by atoms with E-state index in [4.69, 9.17) is 0 Å². The van der Waals surface area contributed by atoms with Gasteiger partial charge in [0.25, 0.3) is 5.56 Å². The Balaban J connectivity index is 2.28. The molecule has 0 saturated heterocycles. The van der Waals surface area contributed by atoms with Gasteiger partial charge in [-0.15, -0.1) is 0 Å². The first-order chi connectivity index (χ1) is 9.56. The summed E-state index contributed by atoms with van der Waals surface area (Å²) < 4.78 is 3.07. The number of imidazole rings is 1. The minimum atomic E-state index is -0.460. The van der Waals surface area contributed by atoms with E-state index in [1.807, 2.05) is 0 Å². The number of aldehydes is 1. The molecule has 2 heterocycles. The number of aromatic amines is 1. The average molecular weight is 278 g/mol. The molecule has 0 fully saturated rings. The number of hydrogen-bond donors (Lipinski definition) is 1. The summed E-state index contributed by atoms with van der Waals surface area (Å²) in [4.78, 5) is 40.3. The highest BCUT2D eigenvalue weighted by Crippen LogP contribution is 2.11. The minimum absolute atomic E-state index is 0.407. The number of unbranched alkanes of at least 4 members (excludes halogenated alkanes) is 3. The summed E-state index contributed by atoms with van der Waals surface area (Å²) in [7, 11) is 3.36. The molecule has 2 aromatic heterocycles. The number of carbonyl (C=O) groups excluding carboxylic acids is 1. The third kappa shape index (κ3) is 2.56. The average Bonchev–Trinajstić information content (AvgIpc) is 2.74. The summed E-state index contributed by atoms with van der Waals surface area (Å²) in [6, 6.07) is 0. The van der Waals surface area contributed by atoms with Gasteiger partial charge in [-0.25, -0.2) is 9.78 Å². The Kier molecular flexibility index (Phi) is 4.16. The molecule has 0 saturated carbocycles. The summed E-state index contributed by atoms with van der Waals surface area (Å²) in [5.74, 6) is 0.776. The fraction of sp³-hybridized carbons (Fsp3) is 0.538. The molecule has 1 N–H and O–H groups in total. The smallest absolute Gasteiger partial charge is 0.325 e.